The summed E-state index contributed by atoms with van der Waals surface area (Å²) in [6.07, 6.45) is 1.31. The Morgan fingerprint density at radius 1 is 1.47 bits per heavy atom. The zero-order valence-corrected chi connectivity index (χ0v) is 10.9. The van der Waals surface area contributed by atoms with E-state index in [1.807, 2.05) is 12.3 Å². The van der Waals surface area contributed by atoms with Crippen molar-refractivity contribution in [2.24, 2.45) is 5.10 Å². The summed E-state index contributed by atoms with van der Waals surface area (Å²) in [5.41, 5.74) is 4.04. The number of aromatic nitrogens is 1. The monoisotopic (exact) mass is 279 g/mol. The van der Waals surface area contributed by atoms with Gasteiger partial charge in [-0.1, -0.05) is 6.07 Å². The Kier molecular flexibility index (Phi) is 4.25. The minimum absolute atomic E-state index is 0.183. The van der Waals surface area contributed by atoms with Gasteiger partial charge in [0.2, 0.25) is 5.13 Å². The molecule has 0 amide bonds. The molecule has 0 atom stereocenters. The van der Waals surface area contributed by atoms with Gasteiger partial charge in [-0.25, -0.2) is 9.37 Å². The van der Waals surface area contributed by atoms with E-state index in [1.54, 1.807) is 0 Å². The number of thiazole rings is 1. The number of benzene rings is 1. The number of aryl methyl sites for hydroxylation is 1. The van der Waals surface area contributed by atoms with E-state index >= 15 is 0 Å². The van der Waals surface area contributed by atoms with Gasteiger partial charge in [0.1, 0.15) is 5.82 Å². The van der Waals surface area contributed by atoms with Crippen LogP contribution in [0.4, 0.5) is 9.52 Å². The highest BCUT2D eigenvalue weighted by Gasteiger charge is 2.15. The average molecular weight is 279 g/mol. The maximum atomic E-state index is 13.1. The van der Waals surface area contributed by atoms with E-state index in [9.17, 15) is 4.39 Å². The second-order valence-corrected chi connectivity index (χ2v) is 4.67. The quantitative estimate of drug-likeness (QED) is 0.438. The van der Waals surface area contributed by atoms with Gasteiger partial charge >= 0.3 is 7.12 Å². The van der Waals surface area contributed by atoms with Gasteiger partial charge in [-0.2, -0.15) is 5.10 Å². The van der Waals surface area contributed by atoms with Gasteiger partial charge in [0.25, 0.3) is 0 Å². The second kappa shape index (κ2) is 5.92. The Labute approximate surface area is 113 Å². The van der Waals surface area contributed by atoms with Gasteiger partial charge in [0, 0.05) is 5.38 Å². The Bertz CT molecular complexity index is 603. The number of nitrogens with one attached hydrogen (secondary N) is 1. The molecule has 0 aliphatic heterocycles. The van der Waals surface area contributed by atoms with Crippen molar-refractivity contribution in [2.75, 3.05) is 5.43 Å². The van der Waals surface area contributed by atoms with Crippen LogP contribution in [0, 0.1) is 12.7 Å². The predicted molar refractivity (Wildman–Crippen MR) is 74.3 cm³/mol. The molecule has 1 aromatic heterocycles. The first kappa shape index (κ1) is 13.7. The lowest BCUT2D eigenvalue weighted by Gasteiger charge is -2.04. The number of hydrogen-bond acceptors (Lipinski definition) is 6. The molecule has 0 fully saturated rings. The third kappa shape index (κ3) is 3.60. The summed E-state index contributed by atoms with van der Waals surface area (Å²) in [7, 11) is -1.68. The van der Waals surface area contributed by atoms with Crippen molar-refractivity contribution >= 4 is 35.3 Å². The maximum Gasteiger partial charge on any atom is 0.489 e. The normalized spacial score (nSPS) is 10.9. The van der Waals surface area contributed by atoms with Crippen LogP contribution in [-0.4, -0.2) is 28.4 Å². The lowest BCUT2D eigenvalue weighted by Crippen LogP contribution is -2.33. The number of rotatable bonds is 4. The van der Waals surface area contributed by atoms with E-state index in [4.69, 9.17) is 10.0 Å². The molecule has 5 nitrogen and oxygen atoms in total. The van der Waals surface area contributed by atoms with Crippen LogP contribution in [-0.2, 0) is 0 Å². The molecule has 1 aromatic carbocycles. The van der Waals surface area contributed by atoms with Gasteiger partial charge < -0.3 is 10.0 Å². The fourth-order valence-electron chi connectivity index (χ4n) is 1.45. The van der Waals surface area contributed by atoms with E-state index in [0.29, 0.717) is 5.13 Å². The molecule has 2 rings (SSSR count). The first-order valence-electron chi connectivity index (χ1n) is 5.43. The summed E-state index contributed by atoms with van der Waals surface area (Å²) in [5.74, 6) is -0.476. The lowest BCUT2D eigenvalue weighted by atomic mass is 9.77. The molecule has 0 radical (unpaired) electrons. The topological polar surface area (TPSA) is 77.7 Å². The van der Waals surface area contributed by atoms with Gasteiger partial charge in [0.05, 0.1) is 11.9 Å². The molecular formula is C11H11BFN3O2S. The fourth-order valence-corrected chi connectivity index (χ4v) is 2.09. The number of halogens is 1. The van der Waals surface area contributed by atoms with E-state index in [1.165, 1.54) is 29.7 Å². The van der Waals surface area contributed by atoms with Crippen molar-refractivity contribution in [1.82, 2.24) is 4.98 Å². The molecule has 1 heterocycles. The van der Waals surface area contributed by atoms with Crippen LogP contribution in [0.15, 0.2) is 28.7 Å². The third-order valence-corrected chi connectivity index (χ3v) is 3.17. The fraction of sp³-hybridized carbons (Fsp3) is 0.0909. The Hall–Kier alpha value is -1.77. The van der Waals surface area contributed by atoms with Crippen LogP contribution < -0.4 is 10.9 Å². The first-order chi connectivity index (χ1) is 9.06. The number of hydrazone groups is 1. The van der Waals surface area contributed by atoms with Crippen LogP contribution in [0.2, 0.25) is 0 Å². The van der Waals surface area contributed by atoms with Crippen molar-refractivity contribution in [1.29, 1.82) is 0 Å². The van der Waals surface area contributed by atoms with Crippen molar-refractivity contribution in [3.63, 3.8) is 0 Å². The number of nitrogens with zero attached hydrogens (tertiary/aromatic N) is 2. The Morgan fingerprint density at radius 2 is 2.26 bits per heavy atom. The Balaban J connectivity index is 2.15. The van der Waals surface area contributed by atoms with Crippen molar-refractivity contribution in [2.45, 2.75) is 6.92 Å². The van der Waals surface area contributed by atoms with Gasteiger partial charge in [0.15, 0.2) is 0 Å². The number of hydrogen-bond donors (Lipinski definition) is 3. The molecule has 19 heavy (non-hydrogen) atoms. The standard InChI is InChI=1S/C11H11BFN3O2S/c1-7-6-19-11(15-7)16-14-5-8-4-9(13)2-3-10(8)12(17)18/h2-6,17-18H,1H3,(H,15,16). The molecule has 98 valence electrons. The zero-order valence-electron chi connectivity index (χ0n) is 10.0. The van der Waals surface area contributed by atoms with Gasteiger partial charge in [-0.3, -0.25) is 5.43 Å². The molecule has 0 spiro atoms. The molecule has 0 bridgehead atoms. The minimum Gasteiger partial charge on any atom is -0.423 e. The van der Waals surface area contributed by atoms with E-state index in [0.717, 1.165) is 11.8 Å². The molecule has 8 heteroatoms. The smallest absolute Gasteiger partial charge is 0.423 e. The van der Waals surface area contributed by atoms with E-state index in [-0.39, 0.29) is 11.0 Å². The number of anilines is 1. The van der Waals surface area contributed by atoms with Crippen molar-refractivity contribution in [3.8, 4) is 0 Å². The first-order valence-corrected chi connectivity index (χ1v) is 6.31. The molecular weight excluding hydrogens is 268 g/mol. The van der Waals surface area contributed by atoms with Crippen molar-refractivity contribution < 1.29 is 14.4 Å². The summed E-state index contributed by atoms with van der Waals surface area (Å²) in [6.45, 7) is 1.86. The highest BCUT2D eigenvalue weighted by molar-refractivity contribution is 7.13. The summed E-state index contributed by atoms with van der Waals surface area (Å²) < 4.78 is 13.1. The van der Waals surface area contributed by atoms with Crippen LogP contribution in [0.1, 0.15) is 11.3 Å². The van der Waals surface area contributed by atoms with Crippen LogP contribution in [0.5, 0.6) is 0 Å². The summed E-state index contributed by atoms with van der Waals surface area (Å²) in [6, 6.07) is 3.63. The Morgan fingerprint density at radius 3 is 2.89 bits per heavy atom. The SMILES string of the molecule is Cc1csc(NN=Cc2cc(F)ccc2B(O)O)n1. The molecule has 0 saturated heterocycles. The predicted octanol–water partition coefficient (Wildman–Crippen LogP) is 0.716. The van der Waals surface area contributed by atoms with Crippen LogP contribution >= 0.6 is 11.3 Å². The van der Waals surface area contributed by atoms with Gasteiger partial charge in [-0.15, -0.1) is 11.3 Å². The highest BCUT2D eigenvalue weighted by atomic mass is 32.1. The molecule has 0 aliphatic carbocycles. The van der Waals surface area contributed by atoms with E-state index in [2.05, 4.69) is 15.5 Å². The average Bonchev–Trinajstić information content (AvgIpc) is 2.75. The van der Waals surface area contributed by atoms with Crippen LogP contribution in [0.3, 0.4) is 0 Å². The second-order valence-electron chi connectivity index (χ2n) is 3.81. The molecule has 3 N–H and O–H groups in total. The lowest BCUT2D eigenvalue weighted by molar-refractivity contribution is 0.425. The largest absolute Gasteiger partial charge is 0.489 e. The third-order valence-electron chi connectivity index (χ3n) is 2.31. The summed E-state index contributed by atoms with van der Waals surface area (Å²) in [4.78, 5) is 4.14. The molecule has 0 aliphatic rings. The van der Waals surface area contributed by atoms with Crippen molar-refractivity contribution in [3.05, 3.63) is 40.7 Å². The molecule has 0 saturated carbocycles. The van der Waals surface area contributed by atoms with Crippen LogP contribution in [0.25, 0.3) is 0 Å². The summed E-state index contributed by atoms with van der Waals surface area (Å²) in [5, 5.41) is 24.7. The summed E-state index contributed by atoms with van der Waals surface area (Å²) >= 11 is 1.39. The maximum absolute atomic E-state index is 13.1. The van der Waals surface area contributed by atoms with E-state index < -0.39 is 12.9 Å². The molecule has 2 aromatic rings. The molecule has 0 unspecified atom stereocenters. The highest BCUT2D eigenvalue weighted by Crippen LogP contribution is 2.13. The van der Waals surface area contributed by atoms with Gasteiger partial charge in [-0.05, 0) is 30.1 Å². The zero-order chi connectivity index (χ0) is 13.8. The minimum atomic E-state index is -1.68.